The molecule has 0 saturated carbocycles. The SMILES string of the molecule is CC(Br)c1cccc2sccc12. The quantitative estimate of drug-likeness (QED) is 0.651. The Kier molecular flexibility index (Phi) is 2.20. The van der Waals surface area contributed by atoms with E-state index in [1.165, 1.54) is 15.6 Å². The number of hydrogen-bond acceptors (Lipinski definition) is 1. The molecule has 0 spiro atoms. The van der Waals surface area contributed by atoms with Gasteiger partial charge < -0.3 is 0 Å². The smallest absolute Gasteiger partial charge is 0.0373 e. The molecule has 0 aliphatic carbocycles. The molecule has 1 unspecified atom stereocenters. The first-order valence-corrected chi connectivity index (χ1v) is 5.69. The summed E-state index contributed by atoms with van der Waals surface area (Å²) in [5.74, 6) is 0. The van der Waals surface area contributed by atoms with Crippen molar-refractivity contribution in [3.63, 3.8) is 0 Å². The minimum Gasteiger partial charge on any atom is -0.144 e. The van der Waals surface area contributed by atoms with Gasteiger partial charge in [-0.05, 0) is 35.4 Å². The predicted molar refractivity (Wildman–Crippen MR) is 59.2 cm³/mol. The van der Waals surface area contributed by atoms with Gasteiger partial charge in [0.15, 0.2) is 0 Å². The molecular formula is C10H9BrS. The lowest BCUT2D eigenvalue weighted by molar-refractivity contribution is 1.14. The fourth-order valence-corrected chi connectivity index (χ4v) is 2.58. The highest BCUT2D eigenvalue weighted by Gasteiger charge is 2.05. The number of fused-ring (bicyclic) bond motifs is 1. The summed E-state index contributed by atoms with van der Waals surface area (Å²) in [6.07, 6.45) is 0. The van der Waals surface area contributed by atoms with Gasteiger partial charge in [-0.3, -0.25) is 0 Å². The van der Waals surface area contributed by atoms with Gasteiger partial charge in [0.2, 0.25) is 0 Å². The Morgan fingerprint density at radius 2 is 2.17 bits per heavy atom. The first-order chi connectivity index (χ1) is 5.79. The molecule has 0 aliphatic rings. The van der Waals surface area contributed by atoms with Crippen molar-refractivity contribution in [3.05, 3.63) is 35.2 Å². The van der Waals surface area contributed by atoms with E-state index in [2.05, 4.69) is 52.5 Å². The maximum absolute atomic E-state index is 3.59. The molecule has 2 heteroatoms. The average molecular weight is 241 g/mol. The third-order valence-electron chi connectivity index (χ3n) is 1.96. The third-order valence-corrected chi connectivity index (χ3v) is 3.33. The minimum atomic E-state index is 0.441. The molecular weight excluding hydrogens is 232 g/mol. The summed E-state index contributed by atoms with van der Waals surface area (Å²) in [5.41, 5.74) is 1.38. The van der Waals surface area contributed by atoms with Gasteiger partial charge in [-0.25, -0.2) is 0 Å². The molecule has 0 radical (unpaired) electrons. The second kappa shape index (κ2) is 3.19. The van der Waals surface area contributed by atoms with Crippen molar-refractivity contribution < 1.29 is 0 Å². The maximum Gasteiger partial charge on any atom is 0.0373 e. The third kappa shape index (κ3) is 1.29. The zero-order chi connectivity index (χ0) is 8.55. The van der Waals surface area contributed by atoms with Crippen molar-refractivity contribution in [3.8, 4) is 0 Å². The summed E-state index contributed by atoms with van der Waals surface area (Å²) in [7, 11) is 0. The fourth-order valence-electron chi connectivity index (χ4n) is 1.36. The van der Waals surface area contributed by atoms with Gasteiger partial charge in [-0.15, -0.1) is 11.3 Å². The number of thiophene rings is 1. The first kappa shape index (κ1) is 8.27. The molecule has 2 aromatic rings. The standard InChI is InChI=1S/C10H9BrS/c1-7(11)8-3-2-4-10-9(8)5-6-12-10/h2-7H,1H3. The van der Waals surface area contributed by atoms with E-state index in [4.69, 9.17) is 0 Å². The molecule has 1 aromatic carbocycles. The number of hydrogen-bond donors (Lipinski definition) is 0. The molecule has 62 valence electrons. The summed E-state index contributed by atoms with van der Waals surface area (Å²) >= 11 is 5.39. The summed E-state index contributed by atoms with van der Waals surface area (Å²) in [5, 5.41) is 3.52. The Labute approximate surface area is 84.4 Å². The van der Waals surface area contributed by atoms with E-state index in [9.17, 15) is 0 Å². The monoisotopic (exact) mass is 240 g/mol. The second-order valence-electron chi connectivity index (χ2n) is 2.80. The van der Waals surface area contributed by atoms with Gasteiger partial charge in [0.1, 0.15) is 0 Å². The van der Waals surface area contributed by atoms with E-state index >= 15 is 0 Å². The zero-order valence-electron chi connectivity index (χ0n) is 6.75. The first-order valence-electron chi connectivity index (χ1n) is 3.89. The Morgan fingerprint density at radius 3 is 2.92 bits per heavy atom. The van der Waals surface area contributed by atoms with Crippen LogP contribution in [0, 0.1) is 0 Å². The van der Waals surface area contributed by atoms with Crippen molar-refractivity contribution in [2.75, 3.05) is 0 Å². The van der Waals surface area contributed by atoms with Gasteiger partial charge in [0.25, 0.3) is 0 Å². The fraction of sp³-hybridized carbons (Fsp3) is 0.200. The van der Waals surface area contributed by atoms with E-state index in [1.54, 1.807) is 11.3 Å². The zero-order valence-corrected chi connectivity index (χ0v) is 9.15. The molecule has 0 bridgehead atoms. The van der Waals surface area contributed by atoms with E-state index in [-0.39, 0.29) is 0 Å². The Hall–Kier alpha value is -0.340. The van der Waals surface area contributed by atoms with Crippen molar-refractivity contribution in [1.82, 2.24) is 0 Å². The van der Waals surface area contributed by atoms with Crippen LogP contribution in [0.3, 0.4) is 0 Å². The molecule has 0 fully saturated rings. The topological polar surface area (TPSA) is 0 Å². The molecule has 0 amide bonds. The Morgan fingerprint density at radius 1 is 1.33 bits per heavy atom. The molecule has 2 rings (SSSR count). The van der Waals surface area contributed by atoms with Crippen molar-refractivity contribution in [2.45, 2.75) is 11.8 Å². The normalized spacial score (nSPS) is 13.5. The van der Waals surface area contributed by atoms with Crippen LogP contribution < -0.4 is 0 Å². The van der Waals surface area contributed by atoms with Gasteiger partial charge in [0, 0.05) is 9.53 Å². The van der Waals surface area contributed by atoms with E-state index in [0.717, 1.165) is 0 Å². The maximum atomic E-state index is 3.59. The number of benzene rings is 1. The lowest BCUT2D eigenvalue weighted by atomic mass is 10.1. The summed E-state index contributed by atoms with van der Waals surface area (Å²) < 4.78 is 1.37. The molecule has 1 atom stereocenters. The van der Waals surface area contributed by atoms with Crippen LogP contribution in [-0.4, -0.2) is 0 Å². The highest BCUT2D eigenvalue weighted by Crippen LogP contribution is 2.31. The van der Waals surface area contributed by atoms with Crippen LogP contribution in [-0.2, 0) is 0 Å². The molecule has 0 N–H and O–H groups in total. The lowest BCUT2D eigenvalue weighted by Gasteiger charge is -2.04. The Bertz CT molecular complexity index is 389. The van der Waals surface area contributed by atoms with Gasteiger partial charge >= 0.3 is 0 Å². The molecule has 1 aromatic heterocycles. The second-order valence-corrected chi connectivity index (χ2v) is 5.12. The lowest BCUT2D eigenvalue weighted by Crippen LogP contribution is -1.82. The predicted octanol–water partition coefficient (Wildman–Crippen LogP) is 4.36. The van der Waals surface area contributed by atoms with Gasteiger partial charge in [-0.2, -0.15) is 0 Å². The molecule has 0 saturated heterocycles. The number of halogens is 1. The van der Waals surface area contributed by atoms with Crippen LogP contribution in [0.4, 0.5) is 0 Å². The van der Waals surface area contributed by atoms with Crippen LogP contribution in [0.2, 0.25) is 0 Å². The Balaban J connectivity index is 2.73. The molecule has 0 nitrogen and oxygen atoms in total. The molecule has 12 heavy (non-hydrogen) atoms. The van der Waals surface area contributed by atoms with Crippen molar-refractivity contribution in [2.24, 2.45) is 0 Å². The average Bonchev–Trinajstić information content (AvgIpc) is 2.49. The number of rotatable bonds is 1. The highest BCUT2D eigenvalue weighted by atomic mass is 79.9. The highest BCUT2D eigenvalue weighted by molar-refractivity contribution is 9.09. The largest absolute Gasteiger partial charge is 0.144 e. The summed E-state index contributed by atoms with van der Waals surface area (Å²) in [6, 6.07) is 8.65. The van der Waals surface area contributed by atoms with Crippen LogP contribution in [0.1, 0.15) is 17.3 Å². The van der Waals surface area contributed by atoms with Crippen LogP contribution in [0.5, 0.6) is 0 Å². The number of alkyl halides is 1. The van der Waals surface area contributed by atoms with Crippen LogP contribution in [0.25, 0.3) is 10.1 Å². The molecule has 0 aliphatic heterocycles. The van der Waals surface area contributed by atoms with E-state index in [1.807, 2.05) is 0 Å². The van der Waals surface area contributed by atoms with E-state index in [0.29, 0.717) is 4.83 Å². The van der Waals surface area contributed by atoms with Crippen molar-refractivity contribution in [1.29, 1.82) is 0 Å². The van der Waals surface area contributed by atoms with Gasteiger partial charge in [0.05, 0.1) is 0 Å². The van der Waals surface area contributed by atoms with Gasteiger partial charge in [-0.1, -0.05) is 28.1 Å². The molecule has 1 heterocycles. The van der Waals surface area contributed by atoms with Crippen LogP contribution >= 0.6 is 27.3 Å². The van der Waals surface area contributed by atoms with E-state index < -0.39 is 0 Å². The summed E-state index contributed by atoms with van der Waals surface area (Å²) in [4.78, 5) is 0.441. The van der Waals surface area contributed by atoms with Crippen LogP contribution in [0.15, 0.2) is 29.6 Å². The minimum absolute atomic E-state index is 0.441. The van der Waals surface area contributed by atoms with Crippen molar-refractivity contribution >= 4 is 37.4 Å². The summed E-state index contributed by atoms with van der Waals surface area (Å²) in [6.45, 7) is 2.16.